The van der Waals surface area contributed by atoms with Gasteiger partial charge in [0.15, 0.2) is 0 Å². The summed E-state index contributed by atoms with van der Waals surface area (Å²) >= 11 is 0. The van der Waals surface area contributed by atoms with Crippen LogP contribution in [0.4, 0.5) is 0 Å². The lowest BCUT2D eigenvalue weighted by Crippen LogP contribution is -2.41. The number of nitrogens with two attached hydrogens (primary N) is 3. The van der Waals surface area contributed by atoms with Crippen LogP contribution >= 0.6 is 0 Å². The fraction of sp³-hybridized carbons (Fsp3) is 0.269. The van der Waals surface area contributed by atoms with Crippen LogP contribution in [0.2, 0.25) is 0 Å². The minimum absolute atomic E-state index is 0.00894. The molecular formula is C78H79N11O12S3. The zero-order valence-corrected chi connectivity index (χ0v) is 59.5. The monoisotopic (exact) mass is 1460 g/mol. The maximum absolute atomic E-state index is 13.3. The van der Waals surface area contributed by atoms with Crippen molar-refractivity contribution in [1.82, 2.24) is 24.3 Å². The number of imidazole rings is 1. The molecule has 3 fully saturated rings. The highest BCUT2D eigenvalue weighted by atomic mass is 32.2. The number of ether oxygens (including phenoxy) is 3. The van der Waals surface area contributed by atoms with Gasteiger partial charge in [-0.15, -0.1) is 13.2 Å². The SMILES string of the molecule is NC1=NS(=O)(=O)Cc2cccc(OC[C@H]3CCCN(C(=O)c4cccc(-c5ccccc5)c4)C3)c21.NC1=NS(=O)(=O)Cc2cccc(OC[C@H]3CCCN(C(=O)c4cccc(-c5ccccc5)c4)C3)c21.NC1=NS(=O)(=O)Cc2cccc(OC[C@H]3CCCN(C(=O)c4cccc(-n5ccnc5)c4)C3)c21. The number of hydrogen-bond acceptors (Lipinski definition) is 16. The van der Waals surface area contributed by atoms with Crippen molar-refractivity contribution in [3.63, 3.8) is 0 Å². The molecule has 536 valence electrons. The summed E-state index contributed by atoms with van der Waals surface area (Å²) in [6, 6.07) is 58.8. The van der Waals surface area contributed by atoms with Gasteiger partial charge in [-0.05, 0) is 138 Å². The van der Waals surface area contributed by atoms with E-state index in [9.17, 15) is 39.6 Å². The van der Waals surface area contributed by atoms with Gasteiger partial charge in [0.25, 0.3) is 47.8 Å². The fourth-order valence-corrected chi connectivity index (χ4v) is 17.3. The quantitative estimate of drug-likeness (QED) is 0.0859. The lowest BCUT2D eigenvalue weighted by Gasteiger charge is -2.33. The van der Waals surface area contributed by atoms with E-state index in [1.807, 2.05) is 159 Å². The summed E-state index contributed by atoms with van der Waals surface area (Å²) in [7, 11) is -10.8. The highest BCUT2D eigenvalue weighted by Crippen LogP contribution is 2.34. The number of amidine groups is 3. The topological polar surface area (TPSA) is 324 Å². The van der Waals surface area contributed by atoms with E-state index in [1.54, 1.807) is 67.1 Å². The normalized spacial score (nSPS) is 19.0. The first kappa shape index (κ1) is 71.4. The standard InChI is InChI=1S/2C27H27N3O4S.C24H25N5O4S/c2*28-26-25-23(18-35(32,33)29-26)12-5-13-24(25)34-17-19-7-6-14-30(16-19)27(31)22-11-4-10-21(15-22)20-8-2-1-3-9-20;25-23-22-19(15-34(31,32)27-23)6-2-8-21(22)33-14-17-4-3-10-28(13-17)24(30)18-5-1-7-20(12-18)29-11-9-26-16-29/h2*1-5,8-13,15,19H,6-7,14,16-18H2,(H2,28,29);1-2,5-9,11-12,16-17H,3-4,10,13-15H2,(H2,25,27)/t2*19-;17-/m000/s1. The molecule has 0 unspecified atom stereocenters. The number of likely N-dealkylation sites (tertiary alicyclic amines) is 3. The third-order valence-electron chi connectivity index (χ3n) is 19.0. The molecule has 0 radical (unpaired) electrons. The number of aromatic nitrogens is 2. The van der Waals surface area contributed by atoms with Gasteiger partial charge in [0.05, 0.1) is 60.1 Å². The van der Waals surface area contributed by atoms with Crippen LogP contribution in [0.5, 0.6) is 17.2 Å². The number of piperidine rings is 3. The van der Waals surface area contributed by atoms with E-state index in [-0.39, 0.29) is 70.2 Å². The molecule has 6 aliphatic rings. The molecule has 15 rings (SSSR count). The van der Waals surface area contributed by atoms with Gasteiger partial charge in [0.2, 0.25) is 0 Å². The molecule has 0 bridgehead atoms. The lowest BCUT2D eigenvalue weighted by atomic mass is 9.97. The largest absolute Gasteiger partial charge is 0.492 e. The number of carbonyl (C=O) groups excluding carboxylic acids is 3. The second-order valence-corrected chi connectivity index (χ2v) is 31.5. The van der Waals surface area contributed by atoms with Crippen LogP contribution in [0.25, 0.3) is 27.9 Å². The van der Waals surface area contributed by atoms with Crippen LogP contribution in [0.15, 0.2) is 220 Å². The second-order valence-electron chi connectivity index (χ2n) is 26.6. The van der Waals surface area contributed by atoms with Crippen molar-refractivity contribution in [1.29, 1.82) is 0 Å². The van der Waals surface area contributed by atoms with Gasteiger partial charge >= 0.3 is 0 Å². The first-order valence-electron chi connectivity index (χ1n) is 34.5. The molecular weight excluding hydrogens is 1380 g/mol. The van der Waals surface area contributed by atoms with Gasteiger partial charge < -0.3 is 50.7 Å². The Kier molecular flexibility index (Phi) is 21.5. The molecule has 3 amide bonds. The Morgan fingerprint density at radius 3 is 1.10 bits per heavy atom. The van der Waals surface area contributed by atoms with Crippen molar-refractivity contribution in [2.75, 3.05) is 59.1 Å². The van der Waals surface area contributed by atoms with Gasteiger partial charge in [0.1, 0.15) is 34.8 Å². The predicted octanol–water partition coefficient (Wildman–Crippen LogP) is 10.0. The molecule has 3 atom stereocenters. The molecule has 7 heterocycles. The Morgan fingerprint density at radius 1 is 0.404 bits per heavy atom. The smallest absolute Gasteiger partial charge is 0.259 e. The Balaban J connectivity index is 0.000000139. The van der Waals surface area contributed by atoms with E-state index in [2.05, 4.69) is 18.2 Å². The number of hydrogen-bond donors (Lipinski definition) is 3. The molecule has 0 saturated carbocycles. The summed E-state index contributed by atoms with van der Waals surface area (Å²) in [6.07, 6.45) is 10.7. The first-order chi connectivity index (χ1) is 50.2. The Hall–Kier alpha value is -11.0. The number of benzene rings is 8. The Morgan fingerprint density at radius 2 is 0.740 bits per heavy atom. The molecule has 6 aliphatic heterocycles. The molecule has 1 aromatic heterocycles. The maximum atomic E-state index is 13.3. The van der Waals surface area contributed by atoms with E-state index in [0.717, 1.165) is 66.5 Å². The number of carbonyl (C=O) groups is 3. The molecule has 3 saturated heterocycles. The zero-order valence-electron chi connectivity index (χ0n) is 57.0. The number of nitrogens with zero attached hydrogens (tertiary/aromatic N) is 8. The zero-order chi connectivity index (χ0) is 72.5. The van der Waals surface area contributed by atoms with Crippen molar-refractivity contribution in [3.8, 4) is 45.2 Å². The van der Waals surface area contributed by atoms with Gasteiger partial charge in [-0.2, -0.15) is 0 Å². The first-order valence-corrected chi connectivity index (χ1v) is 39.3. The van der Waals surface area contributed by atoms with Crippen LogP contribution in [-0.2, 0) is 47.3 Å². The van der Waals surface area contributed by atoms with Gasteiger partial charge in [-0.25, -0.2) is 30.2 Å². The van der Waals surface area contributed by atoms with Gasteiger partial charge in [-0.3, -0.25) is 14.4 Å². The molecule has 23 nitrogen and oxygen atoms in total. The van der Waals surface area contributed by atoms with E-state index < -0.39 is 30.1 Å². The number of amides is 3. The summed E-state index contributed by atoms with van der Waals surface area (Å²) in [5.41, 5.74) is 28.3. The number of fused-ring (bicyclic) bond motifs is 3. The summed E-state index contributed by atoms with van der Waals surface area (Å²) < 4.78 is 103. The molecule has 0 spiro atoms. The van der Waals surface area contributed by atoms with Crippen molar-refractivity contribution < 1.29 is 53.8 Å². The molecule has 8 aromatic carbocycles. The van der Waals surface area contributed by atoms with Crippen LogP contribution in [0, 0.1) is 17.8 Å². The Labute approximate surface area is 604 Å². The van der Waals surface area contributed by atoms with Crippen molar-refractivity contribution in [2.24, 2.45) is 48.1 Å². The predicted molar refractivity (Wildman–Crippen MR) is 399 cm³/mol. The van der Waals surface area contributed by atoms with Crippen LogP contribution in [-0.4, -0.2) is 144 Å². The van der Waals surface area contributed by atoms with Crippen LogP contribution in [0.3, 0.4) is 0 Å². The van der Waals surface area contributed by atoms with E-state index >= 15 is 0 Å². The Bertz CT molecular complexity index is 4920. The molecule has 104 heavy (non-hydrogen) atoms. The summed E-state index contributed by atoms with van der Waals surface area (Å²) in [5.74, 6) is 1.37. The highest BCUT2D eigenvalue weighted by molar-refractivity contribution is 7.90. The fourth-order valence-electron chi connectivity index (χ4n) is 14.1. The summed E-state index contributed by atoms with van der Waals surface area (Å²) in [4.78, 5) is 49.5. The van der Waals surface area contributed by atoms with Gasteiger partial charge in [0, 0.05) is 91.8 Å². The third kappa shape index (κ3) is 17.2. The third-order valence-corrected chi connectivity index (χ3v) is 22.5. The number of sulfonamides is 3. The second kappa shape index (κ2) is 31.3. The average molecular weight is 1460 g/mol. The lowest BCUT2D eigenvalue weighted by molar-refractivity contribution is 0.0626. The minimum Gasteiger partial charge on any atom is -0.492 e. The minimum atomic E-state index is -3.60. The summed E-state index contributed by atoms with van der Waals surface area (Å²) in [6.45, 7) is 5.11. The van der Waals surface area contributed by atoms with Gasteiger partial charge in [-0.1, -0.05) is 127 Å². The van der Waals surface area contributed by atoms with Crippen molar-refractivity contribution in [2.45, 2.75) is 55.8 Å². The van der Waals surface area contributed by atoms with Crippen molar-refractivity contribution in [3.05, 3.63) is 257 Å². The van der Waals surface area contributed by atoms with E-state index in [4.69, 9.17) is 31.4 Å². The molecule has 9 aromatic rings. The van der Waals surface area contributed by atoms with Crippen molar-refractivity contribution >= 4 is 65.3 Å². The number of rotatable bonds is 15. The molecule has 0 aliphatic carbocycles. The average Bonchev–Trinajstić information content (AvgIpc) is 0.892. The maximum Gasteiger partial charge on any atom is 0.259 e. The van der Waals surface area contributed by atoms with Crippen LogP contribution in [0.1, 0.15) is 103 Å². The molecule has 26 heteroatoms. The summed E-state index contributed by atoms with van der Waals surface area (Å²) in [5, 5.41) is 0. The molecule has 6 N–H and O–H groups in total. The van der Waals surface area contributed by atoms with E-state index in [1.165, 1.54) is 0 Å². The highest BCUT2D eigenvalue weighted by Gasteiger charge is 2.33. The van der Waals surface area contributed by atoms with Crippen LogP contribution < -0.4 is 31.4 Å². The van der Waals surface area contributed by atoms with E-state index in [0.29, 0.717) is 126 Å².